The van der Waals surface area contributed by atoms with Gasteiger partial charge in [0.15, 0.2) is 0 Å². The lowest BCUT2D eigenvalue weighted by molar-refractivity contribution is -0.712. The van der Waals surface area contributed by atoms with Gasteiger partial charge in [-0.25, -0.2) is 0 Å². The van der Waals surface area contributed by atoms with Crippen LogP contribution in [0.3, 0.4) is 0 Å². The average Bonchev–Trinajstić information content (AvgIpc) is 2.96. The number of azo groups is 1. The van der Waals surface area contributed by atoms with Gasteiger partial charge < -0.3 is 20.4 Å². The lowest BCUT2D eigenvalue weighted by Crippen LogP contribution is -2.38. The van der Waals surface area contributed by atoms with Gasteiger partial charge in [0.2, 0.25) is 11.0 Å². The van der Waals surface area contributed by atoms with Crippen molar-refractivity contribution in [2.75, 3.05) is 23.3 Å². The highest BCUT2D eigenvalue weighted by atomic mass is 32.1. The summed E-state index contributed by atoms with van der Waals surface area (Å²) in [5, 5.41) is 36.5. The Morgan fingerprint density at radius 2 is 1.79 bits per heavy atom. The third kappa shape index (κ3) is 6.55. The van der Waals surface area contributed by atoms with Crippen LogP contribution in [0.4, 0.5) is 21.6 Å². The normalized spacial score (nSPS) is 13.5. The number of nitrogens with zero attached hydrogens (tertiary/aromatic N) is 5. The monoisotopic (exact) mass is 421 g/mol. The lowest BCUT2D eigenvalue weighted by Gasteiger charge is -2.23. The molecular formula is C19H29N6O3S+. The predicted octanol–water partition coefficient (Wildman–Crippen LogP) is 2.53. The van der Waals surface area contributed by atoms with E-state index in [1.165, 1.54) is 18.3 Å². The van der Waals surface area contributed by atoms with Crippen molar-refractivity contribution in [2.24, 2.45) is 17.3 Å². The van der Waals surface area contributed by atoms with Crippen molar-refractivity contribution in [1.82, 2.24) is 5.10 Å². The van der Waals surface area contributed by atoms with Crippen molar-refractivity contribution < 1.29 is 19.7 Å². The smallest absolute Gasteiger partial charge is 0.392 e. The summed E-state index contributed by atoms with van der Waals surface area (Å²) in [6.45, 7) is 9.46. The topological polar surface area (TPSA) is 114 Å². The highest BCUT2D eigenvalue weighted by Gasteiger charge is 2.23. The molecule has 3 N–H and O–H groups in total. The number of aliphatic hydroxyl groups is 2. The molecule has 10 heteroatoms. The molecule has 2 unspecified atom stereocenters. The van der Waals surface area contributed by atoms with Gasteiger partial charge in [-0.3, -0.25) is 4.79 Å². The molecule has 1 amide bonds. The van der Waals surface area contributed by atoms with Gasteiger partial charge in [0.05, 0.1) is 23.0 Å². The first-order valence-corrected chi connectivity index (χ1v) is 10.2. The van der Waals surface area contributed by atoms with Gasteiger partial charge in [-0.15, -0.1) is 4.68 Å². The summed E-state index contributed by atoms with van der Waals surface area (Å²) in [4.78, 5) is 13.3. The predicted molar refractivity (Wildman–Crippen MR) is 113 cm³/mol. The first-order valence-electron chi connectivity index (χ1n) is 9.35. The Labute approximate surface area is 174 Å². The number of anilines is 2. The van der Waals surface area contributed by atoms with Crippen molar-refractivity contribution in [2.45, 2.75) is 46.8 Å². The van der Waals surface area contributed by atoms with Crippen LogP contribution in [0.1, 0.15) is 31.9 Å². The third-order valence-corrected chi connectivity index (χ3v) is 5.15. The maximum absolute atomic E-state index is 11.5. The number of nitrogens with one attached hydrogen (secondary N) is 1. The second-order valence-electron chi connectivity index (χ2n) is 7.23. The van der Waals surface area contributed by atoms with Crippen LogP contribution in [0.25, 0.3) is 0 Å². The molecule has 1 heterocycles. The van der Waals surface area contributed by atoms with E-state index in [-0.39, 0.29) is 5.91 Å². The number of rotatable bonds is 8. The van der Waals surface area contributed by atoms with Crippen LogP contribution in [-0.2, 0) is 11.8 Å². The zero-order chi connectivity index (χ0) is 21.7. The molecule has 2 atom stereocenters. The van der Waals surface area contributed by atoms with E-state index in [0.29, 0.717) is 34.7 Å². The number of hydrogen-bond acceptors (Lipinski definition) is 8. The lowest BCUT2D eigenvalue weighted by atomic mass is 10.1. The van der Waals surface area contributed by atoms with Gasteiger partial charge in [-0.1, -0.05) is 5.10 Å². The fourth-order valence-electron chi connectivity index (χ4n) is 2.69. The summed E-state index contributed by atoms with van der Waals surface area (Å²) >= 11 is 1.31. The zero-order valence-electron chi connectivity index (χ0n) is 17.7. The molecule has 0 saturated heterocycles. The van der Waals surface area contributed by atoms with Crippen LogP contribution < -0.4 is 14.9 Å². The average molecular weight is 422 g/mol. The van der Waals surface area contributed by atoms with Gasteiger partial charge >= 0.3 is 5.13 Å². The molecule has 0 fully saturated rings. The first-order chi connectivity index (χ1) is 13.6. The molecular weight excluding hydrogens is 392 g/mol. The second kappa shape index (κ2) is 9.86. The number of hydrogen-bond donors (Lipinski definition) is 3. The minimum atomic E-state index is -0.566. The number of aryl methyl sites for hydroxylation is 3. The largest absolute Gasteiger partial charge is 0.431 e. The van der Waals surface area contributed by atoms with E-state index in [1.807, 2.05) is 30.9 Å². The molecule has 9 nitrogen and oxygen atoms in total. The maximum Gasteiger partial charge on any atom is 0.431 e. The summed E-state index contributed by atoms with van der Waals surface area (Å²) in [6, 6.07) is 3.75. The van der Waals surface area contributed by atoms with E-state index >= 15 is 0 Å². The molecule has 1 aromatic heterocycles. The highest BCUT2D eigenvalue weighted by molar-refractivity contribution is 7.18. The molecule has 2 aromatic rings. The maximum atomic E-state index is 11.5. The molecule has 0 spiro atoms. The van der Waals surface area contributed by atoms with E-state index in [2.05, 4.69) is 20.6 Å². The Kier molecular flexibility index (Phi) is 7.77. The van der Waals surface area contributed by atoms with Crippen LogP contribution in [0.2, 0.25) is 0 Å². The molecule has 0 bridgehead atoms. The Balaban J connectivity index is 2.34. The number of amides is 1. The van der Waals surface area contributed by atoms with E-state index < -0.39 is 12.2 Å². The summed E-state index contributed by atoms with van der Waals surface area (Å²) in [5.74, 6) is -0.178. The molecule has 0 aliphatic heterocycles. The quantitative estimate of drug-likeness (QED) is 0.448. The van der Waals surface area contributed by atoms with Crippen molar-refractivity contribution in [3.8, 4) is 0 Å². The van der Waals surface area contributed by atoms with Crippen molar-refractivity contribution >= 4 is 38.9 Å². The summed E-state index contributed by atoms with van der Waals surface area (Å²) in [6.07, 6.45) is -1.13. The number of aromatic nitrogens is 2. The second-order valence-corrected chi connectivity index (χ2v) is 8.16. The van der Waals surface area contributed by atoms with Gasteiger partial charge in [0, 0.05) is 20.0 Å². The summed E-state index contributed by atoms with van der Waals surface area (Å²) in [5.41, 5.74) is 3.25. The van der Waals surface area contributed by atoms with Crippen LogP contribution in [0.5, 0.6) is 0 Å². The molecule has 0 saturated carbocycles. The Bertz CT molecular complexity index is 884. The van der Waals surface area contributed by atoms with Crippen LogP contribution >= 0.6 is 11.3 Å². The Hall–Kier alpha value is -2.43. The van der Waals surface area contributed by atoms with Gasteiger partial charge in [0.25, 0.3) is 0 Å². The van der Waals surface area contributed by atoms with Gasteiger partial charge in [-0.05, 0) is 67.4 Å². The van der Waals surface area contributed by atoms with Crippen LogP contribution in [-0.4, -0.2) is 46.5 Å². The fourth-order valence-corrected chi connectivity index (χ4v) is 3.55. The Morgan fingerprint density at radius 1 is 1.21 bits per heavy atom. The third-order valence-electron chi connectivity index (χ3n) is 4.10. The minimum absolute atomic E-state index is 0.178. The fraction of sp³-hybridized carbons (Fsp3) is 0.526. The molecule has 1 aromatic carbocycles. The number of benzene rings is 1. The van der Waals surface area contributed by atoms with Crippen LogP contribution in [0, 0.1) is 13.8 Å². The molecule has 29 heavy (non-hydrogen) atoms. The Morgan fingerprint density at radius 3 is 2.34 bits per heavy atom. The summed E-state index contributed by atoms with van der Waals surface area (Å²) in [7, 11) is 1.76. The number of carbonyl (C=O) groups excluding carboxylic acids is 1. The van der Waals surface area contributed by atoms with Gasteiger partial charge in [0.1, 0.15) is 12.7 Å². The highest BCUT2D eigenvalue weighted by Crippen LogP contribution is 2.32. The van der Waals surface area contributed by atoms with E-state index in [0.717, 1.165) is 11.1 Å². The number of carbonyl (C=O) groups is 1. The molecule has 2 rings (SSSR count). The number of aliphatic hydroxyl groups excluding tert-OH is 2. The van der Waals surface area contributed by atoms with Crippen molar-refractivity contribution in [1.29, 1.82) is 0 Å². The van der Waals surface area contributed by atoms with Crippen molar-refractivity contribution in [3.05, 3.63) is 23.3 Å². The van der Waals surface area contributed by atoms with E-state index in [9.17, 15) is 15.0 Å². The molecule has 0 radical (unpaired) electrons. The molecule has 0 aliphatic rings. The minimum Gasteiger partial charge on any atom is -0.392 e. The van der Waals surface area contributed by atoms with E-state index in [1.54, 1.807) is 25.6 Å². The SMILES string of the molecule is CC(=O)Nc1cc(C)c(C)cc1N=Nc1sc(N(CC(C)O)CC(C)O)n[n+]1C. The molecule has 158 valence electrons. The van der Waals surface area contributed by atoms with Crippen LogP contribution in [0.15, 0.2) is 22.4 Å². The van der Waals surface area contributed by atoms with Gasteiger partial charge in [-0.2, -0.15) is 0 Å². The van der Waals surface area contributed by atoms with E-state index in [4.69, 9.17) is 0 Å². The standard InChI is InChI=1S/C19H28N6O3S/c1-11-7-16(20-15(5)28)17(8-12(11)2)21-22-18-24(6)23-19(29-18)25(9-13(3)26)10-14(4)27/h7-8,13-14,26-27H,9-10H2,1-6H3/p+1. The zero-order valence-corrected chi connectivity index (χ0v) is 18.5. The molecule has 0 aliphatic carbocycles. The van der Waals surface area contributed by atoms with Crippen molar-refractivity contribution in [3.63, 3.8) is 0 Å². The summed E-state index contributed by atoms with van der Waals surface area (Å²) < 4.78 is 1.60. The first kappa shape index (κ1) is 22.9.